The van der Waals surface area contributed by atoms with Gasteiger partial charge in [0.1, 0.15) is 11.4 Å². The first-order valence-corrected chi connectivity index (χ1v) is 9.57. The SMILES string of the molecule is CC(C)(C)OC(=O)N1Cc2ccccc2C[C@H]1c1ncc(-c2ccccc2)[nH]1. The van der Waals surface area contributed by atoms with Gasteiger partial charge in [-0.1, -0.05) is 54.6 Å². The van der Waals surface area contributed by atoms with Crippen LogP contribution in [0.2, 0.25) is 0 Å². The molecular weight excluding hydrogens is 350 g/mol. The van der Waals surface area contributed by atoms with Crippen molar-refractivity contribution in [3.05, 3.63) is 77.7 Å². The van der Waals surface area contributed by atoms with Crippen molar-refractivity contribution in [3.8, 4) is 11.3 Å². The first-order valence-electron chi connectivity index (χ1n) is 9.57. The molecule has 0 radical (unpaired) electrons. The van der Waals surface area contributed by atoms with Crippen LogP contribution in [0.5, 0.6) is 0 Å². The van der Waals surface area contributed by atoms with Gasteiger partial charge >= 0.3 is 6.09 Å². The summed E-state index contributed by atoms with van der Waals surface area (Å²) in [5.74, 6) is 0.777. The fourth-order valence-corrected chi connectivity index (χ4v) is 3.55. The number of benzene rings is 2. The number of rotatable bonds is 2. The molecule has 2 aromatic carbocycles. The van der Waals surface area contributed by atoms with Crippen LogP contribution in [0.25, 0.3) is 11.3 Å². The molecule has 0 saturated heterocycles. The Hall–Kier alpha value is -3.08. The third-order valence-corrected chi connectivity index (χ3v) is 4.87. The molecule has 5 nitrogen and oxygen atoms in total. The molecule has 0 aliphatic carbocycles. The van der Waals surface area contributed by atoms with Gasteiger partial charge in [0.15, 0.2) is 0 Å². The Kier molecular flexibility index (Phi) is 4.67. The summed E-state index contributed by atoms with van der Waals surface area (Å²) in [4.78, 5) is 22.8. The van der Waals surface area contributed by atoms with Crippen molar-refractivity contribution in [1.82, 2.24) is 14.9 Å². The van der Waals surface area contributed by atoms with E-state index in [1.165, 1.54) is 5.56 Å². The molecule has 2 heterocycles. The van der Waals surface area contributed by atoms with Gasteiger partial charge < -0.3 is 9.72 Å². The summed E-state index contributed by atoms with van der Waals surface area (Å²) in [6.45, 7) is 6.17. The molecule has 1 aliphatic rings. The Balaban J connectivity index is 1.68. The molecule has 28 heavy (non-hydrogen) atoms. The molecule has 1 aliphatic heterocycles. The van der Waals surface area contributed by atoms with Crippen LogP contribution in [0.3, 0.4) is 0 Å². The van der Waals surface area contributed by atoms with Crippen LogP contribution in [0.15, 0.2) is 60.8 Å². The van der Waals surface area contributed by atoms with Crippen LogP contribution in [0, 0.1) is 0 Å². The number of nitrogens with zero attached hydrogens (tertiary/aromatic N) is 2. The zero-order chi connectivity index (χ0) is 19.7. The number of aromatic amines is 1. The fraction of sp³-hybridized carbons (Fsp3) is 0.304. The molecule has 0 saturated carbocycles. The summed E-state index contributed by atoms with van der Waals surface area (Å²) in [5, 5.41) is 0. The first-order chi connectivity index (χ1) is 13.4. The molecule has 1 aromatic heterocycles. The van der Waals surface area contributed by atoms with Crippen LogP contribution in [-0.4, -0.2) is 26.6 Å². The summed E-state index contributed by atoms with van der Waals surface area (Å²) in [5.41, 5.74) is 3.86. The lowest BCUT2D eigenvalue weighted by Gasteiger charge is -2.36. The van der Waals surface area contributed by atoms with Gasteiger partial charge in [-0.05, 0) is 37.5 Å². The minimum absolute atomic E-state index is 0.192. The predicted molar refractivity (Wildman–Crippen MR) is 109 cm³/mol. The number of hydrogen-bond acceptors (Lipinski definition) is 3. The van der Waals surface area contributed by atoms with Crippen molar-refractivity contribution in [2.24, 2.45) is 0 Å². The average molecular weight is 375 g/mol. The number of aromatic nitrogens is 2. The molecule has 1 atom stereocenters. The number of carbonyl (C=O) groups is 1. The summed E-state index contributed by atoms with van der Waals surface area (Å²) >= 11 is 0. The summed E-state index contributed by atoms with van der Waals surface area (Å²) in [6, 6.07) is 18.1. The maximum atomic E-state index is 12.9. The third-order valence-electron chi connectivity index (χ3n) is 4.87. The van der Waals surface area contributed by atoms with Crippen molar-refractivity contribution < 1.29 is 9.53 Å². The van der Waals surface area contributed by atoms with Crippen LogP contribution >= 0.6 is 0 Å². The van der Waals surface area contributed by atoms with Crippen LogP contribution in [-0.2, 0) is 17.7 Å². The van der Waals surface area contributed by atoms with Crippen molar-refractivity contribution in [2.75, 3.05) is 0 Å². The Labute approximate surface area is 165 Å². The second-order valence-electron chi connectivity index (χ2n) is 8.15. The summed E-state index contributed by atoms with van der Waals surface area (Å²) < 4.78 is 5.68. The number of hydrogen-bond donors (Lipinski definition) is 1. The molecule has 1 amide bonds. The molecule has 1 N–H and O–H groups in total. The number of fused-ring (bicyclic) bond motifs is 1. The van der Waals surface area contributed by atoms with E-state index >= 15 is 0 Å². The quantitative estimate of drug-likeness (QED) is 0.677. The van der Waals surface area contributed by atoms with Gasteiger partial charge in [0.2, 0.25) is 0 Å². The molecule has 4 rings (SSSR count). The average Bonchev–Trinajstić information content (AvgIpc) is 3.16. The smallest absolute Gasteiger partial charge is 0.411 e. The number of imidazole rings is 1. The van der Waals surface area contributed by atoms with E-state index < -0.39 is 5.60 Å². The lowest BCUT2D eigenvalue weighted by Crippen LogP contribution is -2.42. The van der Waals surface area contributed by atoms with Crippen LogP contribution in [0.4, 0.5) is 4.79 Å². The van der Waals surface area contributed by atoms with E-state index in [0.29, 0.717) is 13.0 Å². The number of amides is 1. The van der Waals surface area contributed by atoms with E-state index in [9.17, 15) is 4.79 Å². The fourth-order valence-electron chi connectivity index (χ4n) is 3.55. The number of H-pyrrole nitrogens is 1. The van der Waals surface area contributed by atoms with Gasteiger partial charge in [-0.25, -0.2) is 9.78 Å². The minimum Gasteiger partial charge on any atom is -0.444 e. The molecule has 0 bridgehead atoms. The zero-order valence-corrected chi connectivity index (χ0v) is 16.5. The van der Waals surface area contributed by atoms with E-state index in [1.54, 1.807) is 4.90 Å². The zero-order valence-electron chi connectivity index (χ0n) is 16.5. The van der Waals surface area contributed by atoms with Gasteiger partial charge in [-0.15, -0.1) is 0 Å². The lowest BCUT2D eigenvalue weighted by molar-refractivity contribution is 0.0107. The molecule has 144 valence electrons. The maximum Gasteiger partial charge on any atom is 0.411 e. The van der Waals surface area contributed by atoms with Crippen molar-refractivity contribution in [3.63, 3.8) is 0 Å². The first kappa shape index (κ1) is 18.3. The molecule has 0 unspecified atom stereocenters. The standard InChI is InChI=1S/C23H25N3O2/c1-23(2,3)28-22(27)26-15-18-12-8-7-11-17(18)13-20(26)21-24-14-19(25-21)16-9-5-4-6-10-16/h4-12,14,20H,13,15H2,1-3H3,(H,24,25)/t20-/m0/s1. The van der Waals surface area contributed by atoms with E-state index in [1.807, 2.05) is 69.4 Å². The normalized spacial score (nSPS) is 16.5. The molecule has 0 spiro atoms. The van der Waals surface area contributed by atoms with Crippen LogP contribution < -0.4 is 0 Å². The predicted octanol–water partition coefficient (Wildman–Crippen LogP) is 5.11. The maximum absolute atomic E-state index is 12.9. The topological polar surface area (TPSA) is 58.2 Å². The van der Waals surface area contributed by atoms with E-state index in [2.05, 4.69) is 22.1 Å². The molecule has 3 aromatic rings. The van der Waals surface area contributed by atoms with Gasteiger partial charge in [0, 0.05) is 6.42 Å². The van der Waals surface area contributed by atoms with E-state index in [4.69, 9.17) is 4.74 Å². The molecule has 5 heteroatoms. The number of carbonyl (C=O) groups excluding carboxylic acids is 1. The second-order valence-corrected chi connectivity index (χ2v) is 8.15. The van der Waals surface area contributed by atoms with Gasteiger partial charge in [0.05, 0.1) is 24.5 Å². The van der Waals surface area contributed by atoms with Crippen LogP contribution in [0.1, 0.15) is 43.8 Å². The third kappa shape index (κ3) is 3.79. The minimum atomic E-state index is -0.545. The second kappa shape index (κ2) is 7.15. The molecule has 0 fully saturated rings. The molecular formula is C23H25N3O2. The van der Waals surface area contributed by atoms with Crippen molar-refractivity contribution >= 4 is 6.09 Å². The Morgan fingerprint density at radius 2 is 1.75 bits per heavy atom. The van der Waals surface area contributed by atoms with Gasteiger partial charge in [-0.3, -0.25) is 4.90 Å². The van der Waals surface area contributed by atoms with E-state index in [0.717, 1.165) is 22.6 Å². The lowest BCUT2D eigenvalue weighted by atomic mass is 9.94. The van der Waals surface area contributed by atoms with E-state index in [-0.39, 0.29) is 12.1 Å². The highest BCUT2D eigenvalue weighted by Crippen LogP contribution is 2.34. The monoisotopic (exact) mass is 375 g/mol. The van der Waals surface area contributed by atoms with Gasteiger partial charge in [-0.2, -0.15) is 0 Å². The Morgan fingerprint density at radius 3 is 2.46 bits per heavy atom. The highest BCUT2D eigenvalue weighted by atomic mass is 16.6. The summed E-state index contributed by atoms with van der Waals surface area (Å²) in [7, 11) is 0. The van der Waals surface area contributed by atoms with Gasteiger partial charge in [0.25, 0.3) is 0 Å². The number of nitrogens with one attached hydrogen (secondary N) is 1. The number of ether oxygens (including phenoxy) is 1. The largest absolute Gasteiger partial charge is 0.444 e. The Morgan fingerprint density at radius 1 is 1.07 bits per heavy atom. The Bertz CT molecular complexity index is 973. The van der Waals surface area contributed by atoms with Crippen molar-refractivity contribution in [2.45, 2.75) is 45.4 Å². The summed E-state index contributed by atoms with van der Waals surface area (Å²) in [6.07, 6.45) is 2.22. The highest BCUT2D eigenvalue weighted by Gasteiger charge is 2.35. The van der Waals surface area contributed by atoms with Crippen molar-refractivity contribution in [1.29, 1.82) is 0 Å². The highest BCUT2D eigenvalue weighted by molar-refractivity contribution is 5.69.